The van der Waals surface area contributed by atoms with Gasteiger partial charge in [0.05, 0.1) is 9.85 Å². The highest BCUT2D eigenvalue weighted by molar-refractivity contribution is 5.73. The van der Waals surface area contributed by atoms with E-state index in [2.05, 4.69) is 43.0 Å². The zero-order valence-corrected chi connectivity index (χ0v) is 28.2. The minimum Gasteiger partial charge on any atom is -0.372 e. The van der Waals surface area contributed by atoms with Crippen LogP contribution in [0, 0.1) is 20.2 Å². The number of nitro groups is 2. The lowest BCUT2D eigenvalue weighted by Crippen LogP contribution is -2.25. The fourth-order valence-corrected chi connectivity index (χ4v) is 5.88. The van der Waals surface area contributed by atoms with E-state index in [4.69, 9.17) is 0 Å². The summed E-state index contributed by atoms with van der Waals surface area (Å²) >= 11 is 0. The van der Waals surface area contributed by atoms with Gasteiger partial charge < -0.3 is 4.90 Å². The molecule has 45 heavy (non-hydrogen) atoms. The lowest BCUT2D eigenvalue weighted by Gasteiger charge is -2.25. The van der Waals surface area contributed by atoms with E-state index >= 15 is 0 Å². The molecule has 0 spiro atoms. The Bertz CT molecular complexity index is 1090. The molecule has 0 heterocycles. The van der Waals surface area contributed by atoms with Crippen LogP contribution in [0.1, 0.15) is 153 Å². The van der Waals surface area contributed by atoms with E-state index in [0.29, 0.717) is 5.56 Å². The summed E-state index contributed by atoms with van der Waals surface area (Å²) in [6.45, 7) is 6.70. The van der Waals surface area contributed by atoms with Gasteiger partial charge in [-0.25, -0.2) is 0 Å². The first kappa shape index (κ1) is 38.0. The van der Waals surface area contributed by atoms with Crippen molar-refractivity contribution in [3.8, 4) is 0 Å². The summed E-state index contributed by atoms with van der Waals surface area (Å²) in [5, 5.41) is 22.4. The third kappa shape index (κ3) is 16.6. The molecule has 0 aliphatic carbocycles. The smallest absolute Gasteiger partial charge is 0.346 e. The Hall–Kier alpha value is -3.22. The number of anilines is 1. The van der Waals surface area contributed by atoms with Crippen molar-refractivity contribution < 1.29 is 9.85 Å². The van der Waals surface area contributed by atoms with Gasteiger partial charge in [-0.05, 0) is 42.2 Å². The number of benzene rings is 2. The maximum Gasteiger partial charge on any atom is 0.346 e. The van der Waals surface area contributed by atoms with Crippen molar-refractivity contribution in [2.24, 2.45) is 0 Å². The Morgan fingerprint density at radius 2 is 0.889 bits per heavy atom. The van der Waals surface area contributed by atoms with Gasteiger partial charge in [0.15, 0.2) is 0 Å². The van der Waals surface area contributed by atoms with Crippen molar-refractivity contribution in [2.45, 2.75) is 142 Å². The summed E-state index contributed by atoms with van der Waals surface area (Å²) in [4.78, 5) is 23.5. The first-order chi connectivity index (χ1) is 22.0. The van der Waals surface area contributed by atoms with Gasteiger partial charge in [0, 0.05) is 30.9 Å². The molecule has 2 aromatic rings. The average Bonchev–Trinajstić information content (AvgIpc) is 3.04. The van der Waals surface area contributed by atoms with Crippen molar-refractivity contribution in [1.29, 1.82) is 0 Å². The quantitative estimate of drug-likeness (QED) is 0.0428. The molecule has 0 aromatic heterocycles. The predicted octanol–water partition coefficient (Wildman–Crippen LogP) is 12.3. The molecule has 2 rings (SSSR count). The van der Waals surface area contributed by atoms with Gasteiger partial charge in [0.2, 0.25) is 0 Å². The Kier molecular flexibility index (Phi) is 20.3. The summed E-state index contributed by atoms with van der Waals surface area (Å²) in [6, 6.07) is 12.5. The van der Waals surface area contributed by atoms with E-state index in [0.717, 1.165) is 18.7 Å². The van der Waals surface area contributed by atoms with E-state index in [-0.39, 0.29) is 0 Å². The molecular weight excluding hydrogens is 562 g/mol. The van der Waals surface area contributed by atoms with Gasteiger partial charge in [0.25, 0.3) is 0 Å². The first-order valence-corrected chi connectivity index (χ1v) is 17.9. The summed E-state index contributed by atoms with van der Waals surface area (Å²) in [7, 11) is 0. The lowest BCUT2D eigenvalue weighted by atomic mass is 10.1. The molecule has 0 saturated carbocycles. The monoisotopic (exact) mass is 621 g/mol. The molecule has 250 valence electrons. The zero-order chi connectivity index (χ0) is 32.5. The van der Waals surface area contributed by atoms with Crippen molar-refractivity contribution in [3.63, 3.8) is 0 Å². The standard InChI is InChI=1S/C38H59N3O4/c1-3-5-7-9-11-13-15-17-19-21-31-39(32-22-20-18-16-14-12-10-8-6-4-2)36-28-25-34(26-29-36)23-24-35-27-30-37(40(42)43)38(33-35)41(44)45/h23-30,33H,3-22,31-32H2,1-2H3. The van der Waals surface area contributed by atoms with Crippen LogP contribution in [-0.2, 0) is 0 Å². The largest absolute Gasteiger partial charge is 0.372 e. The number of hydrogen-bond donors (Lipinski definition) is 0. The van der Waals surface area contributed by atoms with Crippen LogP contribution in [0.5, 0.6) is 0 Å². The molecule has 0 aliphatic rings. The highest BCUT2D eigenvalue weighted by atomic mass is 16.6. The fraction of sp³-hybridized carbons (Fsp3) is 0.632. The third-order valence-electron chi connectivity index (χ3n) is 8.68. The topological polar surface area (TPSA) is 89.5 Å². The van der Waals surface area contributed by atoms with Crippen LogP contribution in [0.15, 0.2) is 42.5 Å². The van der Waals surface area contributed by atoms with Gasteiger partial charge >= 0.3 is 11.4 Å². The van der Waals surface area contributed by atoms with Crippen LogP contribution < -0.4 is 4.90 Å². The molecular formula is C38H59N3O4. The first-order valence-electron chi connectivity index (χ1n) is 17.9. The molecule has 0 radical (unpaired) electrons. The van der Waals surface area contributed by atoms with Gasteiger partial charge in [-0.1, -0.05) is 154 Å². The van der Waals surface area contributed by atoms with Crippen LogP contribution >= 0.6 is 0 Å². The molecule has 0 fully saturated rings. The number of nitrogens with zero attached hydrogens (tertiary/aromatic N) is 3. The van der Waals surface area contributed by atoms with E-state index < -0.39 is 21.2 Å². The van der Waals surface area contributed by atoms with Crippen LogP contribution in [0.3, 0.4) is 0 Å². The highest BCUT2D eigenvalue weighted by Gasteiger charge is 2.23. The maximum absolute atomic E-state index is 11.3. The number of hydrogen-bond acceptors (Lipinski definition) is 5. The fourth-order valence-electron chi connectivity index (χ4n) is 5.88. The summed E-state index contributed by atoms with van der Waals surface area (Å²) in [5.74, 6) is 0. The van der Waals surface area contributed by atoms with E-state index in [1.807, 2.05) is 6.08 Å². The second-order valence-corrected chi connectivity index (χ2v) is 12.5. The van der Waals surface area contributed by atoms with E-state index in [9.17, 15) is 20.2 Å². The lowest BCUT2D eigenvalue weighted by molar-refractivity contribution is -0.422. The third-order valence-corrected chi connectivity index (χ3v) is 8.68. The predicted molar refractivity (Wildman–Crippen MR) is 191 cm³/mol. The van der Waals surface area contributed by atoms with Gasteiger partial charge in [-0.15, -0.1) is 0 Å². The molecule has 0 N–H and O–H groups in total. The van der Waals surface area contributed by atoms with Crippen LogP contribution in [0.4, 0.5) is 17.1 Å². The summed E-state index contributed by atoms with van der Waals surface area (Å²) in [6.07, 6.45) is 30.4. The molecule has 7 nitrogen and oxygen atoms in total. The van der Waals surface area contributed by atoms with Crippen LogP contribution in [0.2, 0.25) is 0 Å². The van der Waals surface area contributed by atoms with Gasteiger partial charge in [-0.2, -0.15) is 0 Å². The minimum absolute atomic E-state index is 0.493. The normalized spacial score (nSPS) is 11.3. The Labute approximate surface area is 272 Å². The SMILES string of the molecule is CCCCCCCCCCCCN(CCCCCCCCCCCC)c1ccc(C=Cc2ccc([N+](=O)[O-])c([N+](=O)[O-])c2)cc1. The van der Waals surface area contributed by atoms with Crippen LogP contribution in [0.25, 0.3) is 12.2 Å². The molecule has 0 atom stereocenters. The van der Waals surface area contributed by atoms with Crippen LogP contribution in [-0.4, -0.2) is 22.9 Å². The molecule has 0 bridgehead atoms. The van der Waals surface area contributed by atoms with Crippen molar-refractivity contribution in [1.82, 2.24) is 0 Å². The summed E-state index contributed by atoms with van der Waals surface area (Å²) < 4.78 is 0. The van der Waals surface area contributed by atoms with E-state index in [1.54, 1.807) is 6.08 Å². The molecule has 0 saturated heterocycles. The molecule has 0 aliphatic heterocycles. The molecule has 7 heteroatoms. The van der Waals surface area contributed by atoms with Crippen molar-refractivity contribution in [2.75, 3.05) is 18.0 Å². The Morgan fingerprint density at radius 3 is 1.31 bits per heavy atom. The highest BCUT2D eigenvalue weighted by Crippen LogP contribution is 2.28. The molecule has 0 amide bonds. The molecule has 0 unspecified atom stereocenters. The Morgan fingerprint density at radius 1 is 0.511 bits per heavy atom. The van der Waals surface area contributed by atoms with Gasteiger partial charge in [-0.3, -0.25) is 20.2 Å². The minimum atomic E-state index is -0.721. The maximum atomic E-state index is 11.3. The second-order valence-electron chi connectivity index (χ2n) is 12.5. The Balaban J connectivity index is 1.89. The summed E-state index contributed by atoms with van der Waals surface area (Å²) in [5.41, 5.74) is 1.79. The van der Waals surface area contributed by atoms with Crippen molar-refractivity contribution in [3.05, 3.63) is 73.8 Å². The zero-order valence-electron chi connectivity index (χ0n) is 28.2. The molecule has 2 aromatic carbocycles. The number of nitro benzene ring substituents is 2. The van der Waals surface area contributed by atoms with Crippen molar-refractivity contribution >= 4 is 29.2 Å². The van der Waals surface area contributed by atoms with E-state index in [1.165, 1.54) is 152 Å². The van der Waals surface area contributed by atoms with Gasteiger partial charge in [0.1, 0.15) is 0 Å². The average molecular weight is 622 g/mol. The number of rotatable bonds is 27. The number of unbranched alkanes of at least 4 members (excludes halogenated alkanes) is 18. The second kappa shape index (κ2) is 24.1.